The van der Waals surface area contributed by atoms with E-state index in [1.54, 1.807) is 0 Å². The van der Waals surface area contributed by atoms with Crippen LogP contribution < -0.4 is 5.73 Å². The monoisotopic (exact) mass is 278 g/mol. The Hall–Kier alpha value is -1.36. The summed E-state index contributed by atoms with van der Waals surface area (Å²) in [5, 5.41) is 0. The molecule has 1 aliphatic rings. The highest BCUT2D eigenvalue weighted by atomic mass is 16.2. The Labute approximate surface area is 121 Å². The van der Waals surface area contributed by atoms with E-state index < -0.39 is 0 Å². The number of piperidine rings is 1. The number of amides is 1. The molecule has 20 heavy (non-hydrogen) atoms. The Kier molecular flexibility index (Phi) is 4.18. The fourth-order valence-corrected chi connectivity index (χ4v) is 3.06. The molecule has 2 N–H and O–H groups in total. The molecule has 0 spiro atoms. The molecule has 1 aliphatic heterocycles. The Bertz CT molecular complexity index is 474. The van der Waals surface area contributed by atoms with Crippen molar-refractivity contribution in [1.82, 2.24) is 14.5 Å². The van der Waals surface area contributed by atoms with Crippen molar-refractivity contribution in [3.05, 3.63) is 18.2 Å². The van der Waals surface area contributed by atoms with Crippen molar-refractivity contribution in [2.24, 2.45) is 5.73 Å². The van der Waals surface area contributed by atoms with E-state index in [0.717, 1.165) is 25.1 Å². The van der Waals surface area contributed by atoms with E-state index in [-0.39, 0.29) is 23.5 Å². The Morgan fingerprint density at radius 1 is 1.45 bits per heavy atom. The van der Waals surface area contributed by atoms with Crippen LogP contribution in [0, 0.1) is 0 Å². The maximum Gasteiger partial charge on any atom is 0.223 e. The molecule has 1 aromatic heterocycles. The van der Waals surface area contributed by atoms with Gasteiger partial charge in [-0.05, 0) is 33.6 Å². The fourth-order valence-electron chi connectivity index (χ4n) is 3.06. The molecule has 2 atom stereocenters. The second-order valence-electron chi connectivity index (χ2n) is 6.59. The van der Waals surface area contributed by atoms with Gasteiger partial charge in [0, 0.05) is 24.5 Å². The zero-order valence-electron chi connectivity index (χ0n) is 13.0. The molecule has 0 aliphatic carbocycles. The van der Waals surface area contributed by atoms with E-state index in [1.807, 2.05) is 17.4 Å². The summed E-state index contributed by atoms with van der Waals surface area (Å²) in [4.78, 5) is 18.6. The van der Waals surface area contributed by atoms with Crippen molar-refractivity contribution in [1.29, 1.82) is 0 Å². The van der Waals surface area contributed by atoms with Crippen LogP contribution in [0.1, 0.15) is 58.7 Å². The molecule has 1 aromatic rings. The van der Waals surface area contributed by atoms with Crippen LogP contribution >= 0.6 is 0 Å². The Morgan fingerprint density at radius 2 is 2.15 bits per heavy atom. The first-order valence-electron chi connectivity index (χ1n) is 7.44. The Morgan fingerprint density at radius 3 is 2.75 bits per heavy atom. The van der Waals surface area contributed by atoms with E-state index in [4.69, 9.17) is 5.73 Å². The van der Waals surface area contributed by atoms with E-state index in [1.165, 1.54) is 0 Å². The highest BCUT2D eigenvalue weighted by molar-refractivity contribution is 5.78. The molecule has 1 amide bonds. The number of carbonyl (C=O) groups is 1. The summed E-state index contributed by atoms with van der Waals surface area (Å²) >= 11 is 0. The number of nitrogens with zero attached hydrogens (tertiary/aromatic N) is 3. The van der Waals surface area contributed by atoms with E-state index in [0.29, 0.717) is 6.42 Å². The van der Waals surface area contributed by atoms with E-state index >= 15 is 0 Å². The molecule has 1 saturated heterocycles. The average Bonchev–Trinajstić information content (AvgIpc) is 2.79. The number of nitrogens with two attached hydrogens (primary N) is 1. The van der Waals surface area contributed by atoms with Gasteiger partial charge in [-0.15, -0.1) is 0 Å². The first-order chi connectivity index (χ1) is 9.36. The van der Waals surface area contributed by atoms with Gasteiger partial charge in [0.15, 0.2) is 0 Å². The van der Waals surface area contributed by atoms with Crippen molar-refractivity contribution >= 4 is 5.91 Å². The van der Waals surface area contributed by atoms with E-state index in [9.17, 15) is 4.79 Å². The van der Waals surface area contributed by atoms with Crippen LogP contribution in [0.2, 0.25) is 0 Å². The fraction of sp³-hybridized carbons (Fsp3) is 0.733. The minimum atomic E-state index is -0.235. The van der Waals surface area contributed by atoms with Crippen LogP contribution in [0.25, 0.3) is 0 Å². The number of rotatable bonds is 3. The number of aryl methyl sites for hydroxylation is 1. The summed E-state index contributed by atoms with van der Waals surface area (Å²) < 4.78 is 2.13. The molecule has 5 heteroatoms. The quantitative estimate of drug-likeness (QED) is 0.920. The molecule has 2 heterocycles. The second-order valence-corrected chi connectivity index (χ2v) is 6.59. The third-order valence-corrected chi connectivity index (χ3v) is 3.88. The van der Waals surface area contributed by atoms with Gasteiger partial charge in [0.2, 0.25) is 5.91 Å². The van der Waals surface area contributed by atoms with Crippen LogP contribution in [0.5, 0.6) is 0 Å². The van der Waals surface area contributed by atoms with Gasteiger partial charge in [-0.1, -0.05) is 6.92 Å². The third-order valence-electron chi connectivity index (χ3n) is 3.88. The van der Waals surface area contributed by atoms with Crippen LogP contribution in [0.3, 0.4) is 0 Å². The zero-order chi connectivity index (χ0) is 14.9. The lowest BCUT2D eigenvalue weighted by Crippen LogP contribution is -2.56. The average molecular weight is 278 g/mol. The van der Waals surface area contributed by atoms with Gasteiger partial charge in [-0.25, -0.2) is 4.98 Å². The van der Waals surface area contributed by atoms with Crippen molar-refractivity contribution in [2.45, 2.75) is 71.1 Å². The van der Waals surface area contributed by atoms with Crippen molar-refractivity contribution < 1.29 is 4.79 Å². The summed E-state index contributed by atoms with van der Waals surface area (Å²) in [6.45, 7) is 9.24. The molecule has 2 rings (SSSR count). The minimum absolute atomic E-state index is 0.0285. The lowest BCUT2D eigenvalue weighted by molar-refractivity contribution is -0.144. The number of hydrogen-bond donors (Lipinski definition) is 1. The number of likely N-dealkylation sites (tertiary alicyclic amines) is 1. The van der Waals surface area contributed by atoms with Crippen LogP contribution in [-0.4, -0.2) is 31.9 Å². The van der Waals surface area contributed by atoms with Gasteiger partial charge in [-0.3, -0.25) is 4.79 Å². The summed E-state index contributed by atoms with van der Waals surface area (Å²) in [7, 11) is 0. The van der Waals surface area contributed by atoms with Gasteiger partial charge >= 0.3 is 0 Å². The molecule has 1 fully saturated rings. The first-order valence-corrected chi connectivity index (χ1v) is 7.44. The molecule has 112 valence electrons. The molecule has 0 saturated carbocycles. The first kappa shape index (κ1) is 15.0. The predicted molar refractivity (Wildman–Crippen MR) is 79.1 cm³/mol. The number of aromatic nitrogens is 2. The number of imidazole rings is 1. The molecular formula is C15H26N4O. The SMILES string of the molecule is CCCn1cncc1C1C(N)CCC(=O)N1C(C)(C)C. The second kappa shape index (κ2) is 5.56. The van der Waals surface area contributed by atoms with Gasteiger partial charge < -0.3 is 15.2 Å². The van der Waals surface area contributed by atoms with Crippen molar-refractivity contribution in [2.75, 3.05) is 0 Å². The summed E-state index contributed by atoms with van der Waals surface area (Å²) in [5.41, 5.74) is 7.17. The van der Waals surface area contributed by atoms with Crippen LogP contribution in [0.4, 0.5) is 0 Å². The lowest BCUT2D eigenvalue weighted by atomic mass is 9.89. The standard InChI is InChI=1S/C15H26N4O/c1-5-8-18-10-17-9-12(18)14-11(16)6-7-13(20)19(14)15(2,3)4/h9-11,14H,5-8,16H2,1-4H3. The zero-order valence-corrected chi connectivity index (χ0v) is 13.0. The summed E-state index contributed by atoms with van der Waals surface area (Å²) in [6.07, 6.45) is 6.02. The van der Waals surface area contributed by atoms with Gasteiger partial charge in [0.1, 0.15) is 0 Å². The molecule has 0 radical (unpaired) electrons. The van der Waals surface area contributed by atoms with Crippen molar-refractivity contribution in [3.8, 4) is 0 Å². The predicted octanol–water partition coefficient (Wildman–Crippen LogP) is 2.08. The molecule has 0 bridgehead atoms. The lowest BCUT2D eigenvalue weighted by Gasteiger charge is -2.47. The minimum Gasteiger partial charge on any atom is -0.333 e. The van der Waals surface area contributed by atoms with Crippen LogP contribution in [-0.2, 0) is 11.3 Å². The van der Waals surface area contributed by atoms with Gasteiger partial charge in [0.25, 0.3) is 0 Å². The summed E-state index contributed by atoms with van der Waals surface area (Å²) in [6, 6.07) is -0.107. The van der Waals surface area contributed by atoms with Gasteiger partial charge in [-0.2, -0.15) is 0 Å². The van der Waals surface area contributed by atoms with Gasteiger partial charge in [0.05, 0.1) is 24.3 Å². The molecule has 5 nitrogen and oxygen atoms in total. The van der Waals surface area contributed by atoms with Crippen LogP contribution in [0.15, 0.2) is 12.5 Å². The highest BCUT2D eigenvalue weighted by Gasteiger charge is 2.41. The highest BCUT2D eigenvalue weighted by Crippen LogP contribution is 2.36. The summed E-state index contributed by atoms with van der Waals surface area (Å²) in [5.74, 6) is 0.188. The third kappa shape index (κ3) is 2.73. The number of hydrogen-bond acceptors (Lipinski definition) is 3. The molecule has 2 unspecified atom stereocenters. The van der Waals surface area contributed by atoms with E-state index in [2.05, 4.69) is 37.2 Å². The Balaban J connectivity index is 2.42. The maximum absolute atomic E-state index is 12.4. The maximum atomic E-state index is 12.4. The topological polar surface area (TPSA) is 64.2 Å². The molecule has 0 aromatic carbocycles. The van der Waals surface area contributed by atoms with Crippen molar-refractivity contribution in [3.63, 3.8) is 0 Å². The smallest absolute Gasteiger partial charge is 0.223 e. The number of carbonyl (C=O) groups excluding carboxylic acids is 1. The molecular weight excluding hydrogens is 252 g/mol. The normalized spacial score (nSPS) is 24.2. The largest absolute Gasteiger partial charge is 0.333 e.